The van der Waals surface area contributed by atoms with Gasteiger partial charge in [-0.3, -0.25) is 0 Å². The molecule has 2 unspecified atom stereocenters. The Morgan fingerprint density at radius 3 is 2.25 bits per heavy atom. The van der Waals surface area contributed by atoms with Crippen molar-refractivity contribution in [3.8, 4) is 23.0 Å². The number of nitrogens with one attached hydrogen (secondary N) is 1. The van der Waals surface area contributed by atoms with E-state index in [9.17, 15) is 10.4 Å². The number of fused-ring (bicyclic) bond motifs is 2. The average molecular weight is 438 g/mol. The van der Waals surface area contributed by atoms with Crippen molar-refractivity contribution in [1.29, 1.82) is 0 Å². The smallest absolute Gasteiger partial charge is 0.161 e. The molecule has 0 amide bonds. The highest BCUT2D eigenvalue weighted by molar-refractivity contribution is 6.06. The van der Waals surface area contributed by atoms with Crippen LogP contribution in [0.1, 0.15) is 36.4 Å². The molecule has 2 atom stereocenters. The maximum atomic E-state index is 10.0. The van der Waals surface area contributed by atoms with Crippen LogP contribution in [-0.4, -0.2) is 42.6 Å². The van der Waals surface area contributed by atoms with Crippen molar-refractivity contribution in [2.24, 2.45) is 11.1 Å². The summed E-state index contributed by atoms with van der Waals surface area (Å²) in [6, 6.07) is 10.9. The van der Waals surface area contributed by atoms with Crippen LogP contribution in [0, 0.1) is 5.92 Å². The number of nitrogens with zero attached hydrogens (tertiary/aromatic N) is 1. The first-order valence-electron chi connectivity index (χ1n) is 10.9. The Kier molecular flexibility index (Phi) is 5.87. The molecule has 2 aliphatic heterocycles. The predicted octanol–water partition coefficient (Wildman–Crippen LogP) is 3.96. The summed E-state index contributed by atoms with van der Waals surface area (Å²) in [6.07, 6.45) is 4.47. The summed E-state index contributed by atoms with van der Waals surface area (Å²) < 4.78 is 22.6. The monoisotopic (exact) mass is 438 g/mol. The summed E-state index contributed by atoms with van der Waals surface area (Å²) in [7, 11) is 0. The fourth-order valence-corrected chi connectivity index (χ4v) is 4.63. The summed E-state index contributed by atoms with van der Waals surface area (Å²) in [5.41, 5.74) is 5.70. The van der Waals surface area contributed by atoms with Crippen molar-refractivity contribution in [2.45, 2.75) is 25.3 Å². The Bertz CT molecular complexity index is 1050. The van der Waals surface area contributed by atoms with Gasteiger partial charge in [-0.15, -0.1) is 0 Å². The van der Waals surface area contributed by atoms with E-state index in [4.69, 9.17) is 18.9 Å². The molecule has 2 aromatic carbocycles. The average Bonchev–Trinajstić information content (AvgIpc) is 2.84. The lowest BCUT2D eigenvalue weighted by Gasteiger charge is -2.32. The van der Waals surface area contributed by atoms with E-state index in [1.54, 1.807) is 0 Å². The number of rotatable bonds is 4. The predicted molar refractivity (Wildman–Crippen MR) is 117 cm³/mol. The van der Waals surface area contributed by atoms with Gasteiger partial charge in [0, 0.05) is 5.92 Å². The summed E-state index contributed by atoms with van der Waals surface area (Å²) in [6.45, 7) is 2.08. The Morgan fingerprint density at radius 2 is 1.56 bits per heavy atom. The number of benzene rings is 2. The van der Waals surface area contributed by atoms with Gasteiger partial charge in [0.15, 0.2) is 23.0 Å². The van der Waals surface area contributed by atoms with E-state index in [0.29, 0.717) is 49.4 Å². The highest BCUT2D eigenvalue weighted by Gasteiger charge is 2.33. The summed E-state index contributed by atoms with van der Waals surface area (Å²) in [4.78, 5) is 0. The number of hydrogen-bond donors (Lipinski definition) is 3. The van der Waals surface area contributed by atoms with Crippen LogP contribution >= 0.6 is 0 Å². The molecule has 3 N–H and O–H groups in total. The summed E-state index contributed by atoms with van der Waals surface area (Å²) in [5.74, 6) is 2.57. The van der Waals surface area contributed by atoms with Gasteiger partial charge in [0.2, 0.25) is 0 Å². The molecule has 32 heavy (non-hydrogen) atoms. The standard InChI is InChI=1S/C24H26N2O6/c27-25-23-16(12-15-4-6-19-21(13-15)31-10-8-29-19)2-1-3-18(23)24(26-28)17-5-7-20-22(14-17)32-11-9-30-20/h4-7,12-14,18,24,26-28H,1-3,8-11H2. The maximum absolute atomic E-state index is 10.0. The fourth-order valence-electron chi connectivity index (χ4n) is 4.63. The largest absolute Gasteiger partial charge is 0.486 e. The molecule has 5 rings (SSSR count). The second kappa shape index (κ2) is 9.10. The van der Waals surface area contributed by atoms with Gasteiger partial charge in [-0.05, 0) is 66.3 Å². The van der Waals surface area contributed by atoms with Crippen LogP contribution in [0.15, 0.2) is 47.1 Å². The molecule has 0 aromatic heterocycles. The van der Waals surface area contributed by atoms with Gasteiger partial charge in [0.1, 0.15) is 26.4 Å². The minimum Gasteiger partial charge on any atom is -0.486 e. The van der Waals surface area contributed by atoms with Crippen molar-refractivity contribution < 1.29 is 29.4 Å². The van der Waals surface area contributed by atoms with Crippen LogP contribution in [0.5, 0.6) is 23.0 Å². The number of oxime groups is 1. The molecule has 2 heterocycles. The highest BCUT2D eigenvalue weighted by Crippen LogP contribution is 2.40. The first-order chi connectivity index (χ1) is 15.8. The lowest BCUT2D eigenvalue weighted by Crippen LogP contribution is -2.34. The molecule has 3 aliphatic rings. The van der Waals surface area contributed by atoms with E-state index in [2.05, 4.69) is 10.6 Å². The SMILES string of the molecule is ON=C1C(=Cc2ccc3c(c2)OCCO3)CCCC1C(NO)c1ccc2c(c1)OCCO2. The molecule has 1 aliphatic carbocycles. The summed E-state index contributed by atoms with van der Waals surface area (Å²) >= 11 is 0. The van der Waals surface area contributed by atoms with Gasteiger partial charge in [-0.25, -0.2) is 0 Å². The van der Waals surface area contributed by atoms with Crippen LogP contribution in [0.25, 0.3) is 6.08 Å². The first kappa shape index (κ1) is 20.7. The number of ether oxygens (including phenoxy) is 4. The third-order valence-electron chi connectivity index (χ3n) is 6.12. The minimum atomic E-state index is -0.458. The molecule has 8 heteroatoms. The van der Waals surface area contributed by atoms with Gasteiger partial charge in [0.05, 0.1) is 11.8 Å². The lowest BCUT2D eigenvalue weighted by molar-refractivity contribution is 0.106. The topological polar surface area (TPSA) is 102 Å². The van der Waals surface area contributed by atoms with E-state index in [1.165, 1.54) is 0 Å². The molecule has 1 saturated carbocycles. The minimum absolute atomic E-state index is 0.218. The second-order valence-electron chi connectivity index (χ2n) is 8.07. The number of hydroxylamine groups is 1. The van der Waals surface area contributed by atoms with E-state index >= 15 is 0 Å². The van der Waals surface area contributed by atoms with E-state index in [-0.39, 0.29) is 5.92 Å². The lowest BCUT2D eigenvalue weighted by atomic mass is 9.77. The van der Waals surface area contributed by atoms with Crippen molar-refractivity contribution in [3.05, 3.63) is 53.1 Å². The van der Waals surface area contributed by atoms with Crippen LogP contribution in [0.4, 0.5) is 0 Å². The Hall–Kier alpha value is -3.23. The van der Waals surface area contributed by atoms with Crippen molar-refractivity contribution in [2.75, 3.05) is 26.4 Å². The van der Waals surface area contributed by atoms with E-state index < -0.39 is 6.04 Å². The molecule has 0 radical (unpaired) electrons. The van der Waals surface area contributed by atoms with Gasteiger partial charge < -0.3 is 29.4 Å². The Morgan fingerprint density at radius 1 is 0.906 bits per heavy atom. The van der Waals surface area contributed by atoms with Crippen LogP contribution in [-0.2, 0) is 0 Å². The van der Waals surface area contributed by atoms with E-state index in [0.717, 1.165) is 41.7 Å². The Labute approximate surface area is 186 Å². The third kappa shape index (κ3) is 3.99. The van der Waals surface area contributed by atoms with Gasteiger partial charge in [-0.2, -0.15) is 5.48 Å². The van der Waals surface area contributed by atoms with Crippen molar-refractivity contribution in [1.82, 2.24) is 5.48 Å². The molecule has 1 fully saturated rings. The van der Waals surface area contributed by atoms with Crippen molar-refractivity contribution >= 4 is 11.8 Å². The molecule has 2 aromatic rings. The highest BCUT2D eigenvalue weighted by atomic mass is 16.6. The van der Waals surface area contributed by atoms with Gasteiger partial charge in [0.25, 0.3) is 0 Å². The normalized spacial score (nSPS) is 23.2. The number of hydrogen-bond acceptors (Lipinski definition) is 8. The maximum Gasteiger partial charge on any atom is 0.161 e. The quantitative estimate of drug-likeness (QED) is 0.491. The summed E-state index contributed by atoms with van der Waals surface area (Å²) in [5, 5.41) is 23.6. The van der Waals surface area contributed by atoms with Crippen LogP contribution in [0.3, 0.4) is 0 Å². The van der Waals surface area contributed by atoms with Crippen molar-refractivity contribution in [3.63, 3.8) is 0 Å². The molecule has 8 nitrogen and oxygen atoms in total. The Balaban J connectivity index is 1.43. The van der Waals surface area contributed by atoms with E-state index in [1.807, 2.05) is 42.5 Å². The van der Waals surface area contributed by atoms with Crippen LogP contribution in [0.2, 0.25) is 0 Å². The third-order valence-corrected chi connectivity index (χ3v) is 6.12. The molecule has 168 valence electrons. The molecular weight excluding hydrogens is 412 g/mol. The molecular formula is C24H26N2O6. The zero-order valence-corrected chi connectivity index (χ0v) is 17.6. The zero-order chi connectivity index (χ0) is 21.9. The second-order valence-corrected chi connectivity index (χ2v) is 8.07. The van der Waals surface area contributed by atoms with Crippen LogP contribution < -0.4 is 24.4 Å². The van der Waals surface area contributed by atoms with Gasteiger partial charge in [-0.1, -0.05) is 17.3 Å². The number of allylic oxidation sites excluding steroid dienone is 1. The zero-order valence-electron chi connectivity index (χ0n) is 17.6. The first-order valence-corrected chi connectivity index (χ1v) is 10.9. The molecule has 0 bridgehead atoms. The fraction of sp³-hybridized carbons (Fsp3) is 0.375. The molecule has 0 spiro atoms. The van der Waals surface area contributed by atoms with Gasteiger partial charge >= 0.3 is 0 Å². The molecule has 0 saturated heterocycles.